The number of amides is 1. The highest BCUT2D eigenvalue weighted by Gasteiger charge is 2.24. The molecule has 0 aromatic heterocycles. The van der Waals surface area contributed by atoms with Crippen molar-refractivity contribution in [2.45, 2.75) is 23.0 Å². The van der Waals surface area contributed by atoms with Gasteiger partial charge in [-0.05, 0) is 49.5 Å². The van der Waals surface area contributed by atoms with E-state index >= 15 is 0 Å². The molecule has 0 bridgehead atoms. The highest BCUT2D eigenvalue weighted by atomic mass is 35.5. The van der Waals surface area contributed by atoms with Crippen LogP contribution in [0.1, 0.15) is 23.7 Å². The summed E-state index contributed by atoms with van der Waals surface area (Å²) in [4.78, 5) is 13.3. The fourth-order valence-electron chi connectivity index (χ4n) is 3.00. The Morgan fingerprint density at radius 3 is 2.62 bits per heavy atom. The zero-order valence-electron chi connectivity index (χ0n) is 14.5. The van der Waals surface area contributed by atoms with Gasteiger partial charge >= 0.3 is 0 Å². The van der Waals surface area contributed by atoms with Crippen LogP contribution in [0.25, 0.3) is 0 Å². The number of carbonyl (C=O) groups excluding carboxylic acids is 1. The van der Waals surface area contributed by atoms with Gasteiger partial charge in [0, 0.05) is 11.4 Å². The number of hydrogen-bond acceptors (Lipinski definition) is 3. The summed E-state index contributed by atoms with van der Waals surface area (Å²) in [5.74, 6) is 0.107. The Labute approximate surface area is 164 Å². The van der Waals surface area contributed by atoms with Crippen molar-refractivity contribution in [3.8, 4) is 0 Å². The Kier molecular flexibility index (Phi) is 8.42. The van der Waals surface area contributed by atoms with Gasteiger partial charge in [0.2, 0.25) is 5.91 Å². The molecule has 2 atom stereocenters. The van der Waals surface area contributed by atoms with Gasteiger partial charge in [0.05, 0.1) is 0 Å². The number of benzene rings is 2. The molecule has 26 heavy (non-hydrogen) atoms. The number of nitrogens with one attached hydrogen (secondary N) is 2. The standard InChI is InChI=1S/C20H23FN2OS.ClH/c21-17-10-4-5-11-18(17)25-19(16-8-2-1-3-9-16)20(24)23-14-15-7-6-12-22-13-15;/h1-5,8-11,15,19,22H,6-7,12-14H2,(H,23,24);1H. The lowest BCUT2D eigenvalue weighted by Gasteiger charge is -2.24. The van der Waals surface area contributed by atoms with E-state index in [2.05, 4.69) is 10.6 Å². The molecule has 2 N–H and O–H groups in total. The van der Waals surface area contributed by atoms with E-state index in [0.717, 1.165) is 31.5 Å². The fraction of sp³-hybridized carbons (Fsp3) is 0.350. The van der Waals surface area contributed by atoms with Crippen LogP contribution in [0.2, 0.25) is 0 Å². The van der Waals surface area contributed by atoms with Crippen LogP contribution in [-0.2, 0) is 4.79 Å². The quantitative estimate of drug-likeness (QED) is 0.721. The maximum atomic E-state index is 14.0. The molecule has 1 aliphatic heterocycles. The van der Waals surface area contributed by atoms with Crippen molar-refractivity contribution < 1.29 is 9.18 Å². The third kappa shape index (κ3) is 5.73. The SMILES string of the molecule is Cl.O=C(NCC1CCCNC1)C(Sc1ccccc1F)c1ccccc1. The first kappa shape index (κ1) is 20.7. The summed E-state index contributed by atoms with van der Waals surface area (Å²) < 4.78 is 14.0. The zero-order valence-corrected chi connectivity index (χ0v) is 16.1. The van der Waals surface area contributed by atoms with Crippen molar-refractivity contribution >= 4 is 30.1 Å². The molecule has 0 radical (unpaired) electrons. The summed E-state index contributed by atoms with van der Waals surface area (Å²) in [6, 6.07) is 16.2. The zero-order chi connectivity index (χ0) is 17.5. The summed E-state index contributed by atoms with van der Waals surface area (Å²) in [7, 11) is 0. The highest BCUT2D eigenvalue weighted by molar-refractivity contribution is 8.00. The average Bonchev–Trinajstić information content (AvgIpc) is 2.67. The summed E-state index contributed by atoms with van der Waals surface area (Å²) in [5, 5.41) is 5.97. The van der Waals surface area contributed by atoms with Crippen molar-refractivity contribution in [2.75, 3.05) is 19.6 Å². The van der Waals surface area contributed by atoms with Gasteiger partial charge in [0.15, 0.2) is 0 Å². The Bertz CT molecular complexity index is 695. The van der Waals surface area contributed by atoms with Gasteiger partial charge in [0.1, 0.15) is 11.1 Å². The number of thioether (sulfide) groups is 1. The minimum atomic E-state index is -0.463. The molecule has 0 saturated carbocycles. The van der Waals surface area contributed by atoms with E-state index in [1.807, 2.05) is 30.3 Å². The molecule has 3 nitrogen and oxygen atoms in total. The smallest absolute Gasteiger partial charge is 0.238 e. The predicted molar refractivity (Wildman–Crippen MR) is 107 cm³/mol. The molecule has 140 valence electrons. The molecule has 1 fully saturated rings. The monoisotopic (exact) mass is 394 g/mol. The Morgan fingerprint density at radius 2 is 1.92 bits per heavy atom. The lowest BCUT2D eigenvalue weighted by Crippen LogP contribution is -2.39. The lowest BCUT2D eigenvalue weighted by molar-refractivity contribution is -0.120. The average molecular weight is 395 g/mol. The van der Waals surface area contributed by atoms with E-state index in [4.69, 9.17) is 0 Å². The van der Waals surface area contributed by atoms with Gasteiger partial charge in [-0.25, -0.2) is 4.39 Å². The minimum Gasteiger partial charge on any atom is -0.355 e. The molecule has 1 amide bonds. The summed E-state index contributed by atoms with van der Waals surface area (Å²) in [5.41, 5.74) is 0.884. The molecule has 1 aliphatic rings. The first-order chi connectivity index (χ1) is 12.2. The summed E-state index contributed by atoms with van der Waals surface area (Å²) in [6.07, 6.45) is 2.27. The molecule has 2 unspecified atom stereocenters. The lowest BCUT2D eigenvalue weighted by atomic mass is 9.99. The van der Waals surface area contributed by atoms with Gasteiger partial charge in [-0.2, -0.15) is 0 Å². The molecule has 2 aromatic rings. The highest BCUT2D eigenvalue weighted by Crippen LogP contribution is 2.36. The molecule has 0 spiro atoms. The van der Waals surface area contributed by atoms with Crippen molar-refractivity contribution in [1.82, 2.24) is 10.6 Å². The van der Waals surface area contributed by atoms with Crippen LogP contribution in [0.4, 0.5) is 4.39 Å². The third-order valence-corrected chi connectivity index (χ3v) is 5.69. The molecular weight excluding hydrogens is 371 g/mol. The fourth-order valence-corrected chi connectivity index (χ4v) is 4.08. The van der Waals surface area contributed by atoms with Gasteiger partial charge in [-0.1, -0.05) is 42.5 Å². The first-order valence-electron chi connectivity index (χ1n) is 8.68. The normalized spacial score (nSPS) is 17.8. The van der Waals surface area contributed by atoms with E-state index in [-0.39, 0.29) is 24.1 Å². The van der Waals surface area contributed by atoms with Crippen LogP contribution in [0.3, 0.4) is 0 Å². The summed E-state index contributed by atoms with van der Waals surface area (Å²) in [6.45, 7) is 2.66. The maximum Gasteiger partial charge on any atom is 0.238 e. The molecule has 1 heterocycles. The third-order valence-electron chi connectivity index (χ3n) is 4.39. The molecule has 1 saturated heterocycles. The van der Waals surface area contributed by atoms with E-state index in [9.17, 15) is 9.18 Å². The van der Waals surface area contributed by atoms with Crippen molar-refractivity contribution in [3.63, 3.8) is 0 Å². The Morgan fingerprint density at radius 1 is 1.19 bits per heavy atom. The first-order valence-corrected chi connectivity index (χ1v) is 9.56. The van der Waals surface area contributed by atoms with Crippen LogP contribution in [0.5, 0.6) is 0 Å². The number of hydrogen-bond donors (Lipinski definition) is 2. The summed E-state index contributed by atoms with van der Waals surface area (Å²) >= 11 is 1.26. The Hall–Kier alpha value is -1.56. The van der Waals surface area contributed by atoms with Gasteiger partial charge in [-0.15, -0.1) is 24.2 Å². The second kappa shape index (κ2) is 10.6. The number of piperidine rings is 1. The van der Waals surface area contributed by atoms with Crippen LogP contribution >= 0.6 is 24.2 Å². The van der Waals surface area contributed by atoms with E-state index in [1.54, 1.807) is 18.2 Å². The molecule has 3 rings (SSSR count). The molecule has 0 aliphatic carbocycles. The molecule has 2 aromatic carbocycles. The minimum absolute atomic E-state index is 0. The van der Waals surface area contributed by atoms with E-state index < -0.39 is 5.25 Å². The van der Waals surface area contributed by atoms with Crippen LogP contribution in [0.15, 0.2) is 59.5 Å². The predicted octanol–water partition coefficient (Wildman–Crippen LogP) is 4.20. The van der Waals surface area contributed by atoms with Gasteiger partial charge in [-0.3, -0.25) is 4.79 Å². The van der Waals surface area contributed by atoms with E-state index in [1.165, 1.54) is 17.8 Å². The van der Waals surface area contributed by atoms with Crippen LogP contribution < -0.4 is 10.6 Å². The van der Waals surface area contributed by atoms with Gasteiger partial charge < -0.3 is 10.6 Å². The number of rotatable bonds is 6. The topological polar surface area (TPSA) is 41.1 Å². The maximum absolute atomic E-state index is 14.0. The largest absolute Gasteiger partial charge is 0.355 e. The van der Waals surface area contributed by atoms with Gasteiger partial charge in [0.25, 0.3) is 0 Å². The van der Waals surface area contributed by atoms with Crippen LogP contribution in [-0.4, -0.2) is 25.5 Å². The van der Waals surface area contributed by atoms with Crippen molar-refractivity contribution in [2.24, 2.45) is 5.92 Å². The molecule has 6 heteroatoms. The van der Waals surface area contributed by atoms with E-state index in [0.29, 0.717) is 17.4 Å². The van der Waals surface area contributed by atoms with Crippen molar-refractivity contribution in [1.29, 1.82) is 0 Å². The second-order valence-corrected chi connectivity index (χ2v) is 7.44. The Balaban J connectivity index is 0.00000243. The molecular formula is C20H24ClFN2OS. The number of halogens is 2. The number of carbonyl (C=O) groups is 1. The van der Waals surface area contributed by atoms with Crippen molar-refractivity contribution in [3.05, 3.63) is 66.0 Å². The van der Waals surface area contributed by atoms with Crippen LogP contribution in [0, 0.1) is 11.7 Å². The second-order valence-electron chi connectivity index (χ2n) is 6.30.